The second-order valence-corrected chi connectivity index (χ2v) is 8.96. The van der Waals surface area contributed by atoms with Crippen LogP contribution in [-0.2, 0) is 20.8 Å². The van der Waals surface area contributed by atoms with Crippen molar-refractivity contribution >= 4 is 46.4 Å². The number of amides is 5. The van der Waals surface area contributed by atoms with Gasteiger partial charge in [-0.2, -0.15) is 11.8 Å². The number of benzene rings is 1. The number of carbonyl (C=O) groups is 4. The molecular weight excluding hydrogens is 456 g/mol. The van der Waals surface area contributed by atoms with E-state index in [1.165, 1.54) is 16.7 Å². The summed E-state index contributed by atoms with van der Waals surface area (Å²) in [6.45, 7) is 4.04. The van der Waals surface area contributed by atoms with Gasteiger partial charge in [0.15, 0.2) is 0 Å². The molecule has 11 heteroatoms. The monoisotopic (exact) mass is 486 g/mol. The molecule has 34 heavy (non-hydrogen) atoms. The maximum atomic E-state index is 13.2. The second kappa shape index (κ2) is 11.6. The lowest BCUT2D eigenvalue weighted by Crippen LogP contribution is -2.53. The lowest BCUT2D eigenvalue weighted by molar-refractivity contribution is -0.137. The summed E-state index contributed by atoms with van der Waals surface area (Å²) in [7, 11) is 0. The highest BCUT2D eigenvalue weighted by atomic mass is 32.2. The fraction of sp³-hybridized carbons (Fsp3) is 0.391. The van der Waals surface area contributed by atoms with Gasteiger partial charge in [-0.3, -0.25) is 14.4 Å². The van der Waals surface area contributed by atoms with E-state index in [1.807, 2.05) is 24.3 Å². The zero-order chi connectivity index (χ0) is 24.7. The molecule has 182 valence electrons. The Labute approximate surface area is 202 Å². The van der Waals surface area contributed by atoms with Gasteiger partial charge in [-0.15, -0.1) is 6.58 Å². The zero-order valence-corrected chi connectivity index (χ0v) is 19.8. The number of carbonyl (C=O) groups excluding carboxylic acids is 4. The molecule has 2 heterocycles. The highest BCUT2D eigenvalue weighted by Crippen LogP contribution is 2.22. The van der Waals surface area contributed by atoms with Crippen molar-refractivity contribution in [2.75, 3.05) is 25.1 Å². The Morgan fingerprint density at radius 3 is 2.79 bits per heavy atom. The van der Waals surface area contributed by atoms with Gasteiger partial charge in [0.1, 0.15) is 12.1 Å². The van der Waals surface area contributed by atoms with Gasteiger partial charge in [0, 0.05) is 36.6 Å². The lowest BCUT2D eigenvalue weighted by Gasteiger charge is -2.25. The first-order valence-electron chi connectivity index (χ1n) is 10.9. The topological polar surface area (TPSA) is 149 Å². The Kier molecular flexibility index (Phi) is 8.58. The molecule has 6 N–H and O–H groups in total. The average molecular weight is 487 g/mol. The number of thioether (sulfide) groups is 1. The van der Waals surface area contributed by atoms with Crippen LogP contribution in [0.25, 0.3) is 10.9 Å². The summed E-state index contributed by atoms with van der Waals surface area (Å²) in [6.07, 6.45) is 5.58. The first-order valence-corrected chi connectivity index (χ1v) is 12.3. The summed E-state index contributed by atoms with van der Waals surface area (Å²) in [6, 6.07) is 5.05. The molecule has 1 fully saturated rings. The van der Waals surface area contributed by atoms with Crippen molar-refractivity contribution in [3.63, 3.8) is 0 Å². The van der Waals surface area contributed by atoms with E-state index in [2.05, 4.69) is 27.5 Å². The Hall–Kier alpha value is -3.47. The van der Waals surface area contributed by atoms with E-state index in [1.54, 1.807) is 18.5 Å². The number of nitrogens with zero attached hydrogens (tertiary/aromatic N) is 1. The number of aromatic amines is 1. The molecule has 1 saturated heterocycles. The van der Waals surface area contributed by atoms with Crippen LogP contribution in [0.3, 0.4) is 0 Å². The van der Waals surface area contributed by atoms with E-state index >= 15 is 0 Å². The van der Waals surface area contributed by atoms with Crippen LogP contribution in [0.1, 0.15) is 12.0 Å². The van der Waals surface area contributed by atoms with Crippen molar-refractivity contribution in [1.82, 2.24) is 25.8 Å². The molecule has 1 aliphatic rings. The van der Waals surface area contributed by atoms with Gasteiger partial charge in [0.05, 0.1) is 11.8 Å². The standard InChI is InChI=1S/C23H30N6O4S/c1-3-8-25-23(33)27-15-10-19(29(12-15)20(30)13-34-2)22(32)28-18(21(24)31)9-14-11-26-17-7-5-4-6-16(14)17/h3-7,11,15,18-19,26H,1,8-10,12-13H2,2H3,(H2,24,31)(H,28,32)(H2,25,27,33). The van der Waals surface area contributed by atoms with Crippen LogP contribution in [0.2, 0.25) is 0 Å². The number of hydrogen-bond donors (Lipinski definition) is 5. The maximum Gasteiger partial charge on any atom is 0.315 e. The predicted octanol–water partition coefficient (Wildman–Crippen LogP) is 0.498. The molecule has 0 saturated carbocycles. The van der Waals surface area contributed by atoms with Gasteiger partial charge in [0.25, 0.3) is 0 Å². The average Bonchev–Trinajstić information content (AvgIpc) is 3.42. The van der Waals surface area contributed by atoms with Gasteiger partial charge in [-0.1, -0.05) is 24.3 Å². The molecule has 3 rings (SSSR count). The van der Waals surface area contributed by atoms with E-state index < -0.39 is 36.0 Å². The van der Waals surface area contributed by atoms with Crippen molar-refractivity contribution in [3.8, 4) is 0 Å². The van der Waals surface area contributed by atoms with Gasteiger partial charge in [-0.25, -0.2) is 4.79 Å². The maximum absolute atomic E-state index is 13.2. The largest absolute Gasteiger partial charge is 0.368 e. The third kappa shape index (κ3) is 6.10. The highest BCUT2D eigenvalue weighted by Gasteiger charge is 2.40. The third-order valence-corrected chi connectivity index (χ3v) is 6.23. The molecule has 0 radical (unpaired) electrons. The van der Waals surface area contributed by atoms with Crippen molar-refractivity contribution < 1.29 is 19.2 Å². The summed E-state index contributed by atoms with van der Waals surface area (Å²) >= 11 is 1.35. The van der Waals surface area contributed by atoms with Crippen molar-refractivity contribution in [3.05, 3.63) is 48.7 Å². The fourth-order valence-corrected chi connectivity index (χ4v) is 4.50. The Morgan fingerprint density at radius 1 is 1.32 bits per heavy atom. The zero-order valence-electron chi connectivity index (χ0n) is 19.0. The number of rotatable bonds is 10. The molecule has 10 nitrogen and oxygen atoms in total. The van der Waals surface area contributed by atoms with Gasteiger partial charge < -0.3 is 31.6 Å². The number of urea groups is 1. The predicted molar refractivity (Wildman–Crippen MR) is 132 cm³/mol. The lowest BCUT2D eigenvalue weighted by atomic mass is 10.0. The fourth-order valence-electron chi connectivity index (χ4n) is 4.08. The number of nitrogens with one attached hydrogen (secondary N) is 4. The normalized spacial score (nSPS) is 18.3. The molecule has 1 aromatic carbocycles. The van der Waals surface area contributed by atoms with Crippen LogP contribution in [0.5, 0.6) is 0 Å². The number of primary amides is 1. The number of likely N-dealkylation sites (tertiary alicyclic amines) is 1. The smallest absolute Gasteiger partial charge is 0.315 e. The van der Waals surface area contributed by atoms with Gasteiger partial charge in [0.2, 0.25) is 17.7 Å². The molecule has 3 unspecified atom stereocenters. The van der Waals surface area contributed by atoms with E-state index in [4.69, 9.17) is 5.73 Å². The van der Waals surface area contributed by atoms with Crippen LogP contribution in [0, 0.1) is 0 Å². The quantitative estimate of drug-likeness (QED) is 0.310. The number of nitrogens with two attached hydrogens (primary N) is 1. The summed E-state index contributed by atoms with van der Waals surface area (Å²) in [5, 5.41) is 9.07. The summed E-state index contributed by atoms with van der Waals surface area (Å²) < 4.78 is 0. The number of fused-ring (bicyclic) bond motifs is 1. The number of para-hydroxylation sites is 1. The molecule has 1 aromatic heterocycles. The molecule has 3 atom stereocenters. The van der Waals surface area contributed by atoms with Crippen LogP contribution in [-0.4, -0.2) is 76.9 Å². The Balaban J connectivity index is 1.72. The minimum absolute atomic E-state index is 0.197. The number of aromatic nitrogens is 1. The third-order valence-electron chi connectivity index (χ3n) is 5.69. The Bertz CT molecular complexity index is 1070. The molecule has 2 aromatic rings. The van der Waals surface area contributed by atoms with Crippen molar-refractivity contribution in [2.24, 2.45) is 5.73 Å². The molecule has 0 spiro atoms. The minimum Gasteiger partial charge on any atom is -0.368 e. The van der Waals surface area contributed by atoms with Crippen LogP contribution < -0.4 is 21.7 Å². The summed E-state index contributed by atoms with van der Waals surface area (Å²) in [5.74, 6) is -1.16. The molecule has 0 aliphatic carbocycles. The SMILES string of the molecule is C=CCNC(=O)NC1CC(C(=O)NC(Cc2c[nH]c3ccccc23)C(N)=O)N(C(=O)CSC)C1. The van der Waals surface area contributed by atoms with E-state index in [-0.39, 0.29) is 31.0 Å². The molecule has 5 amide bonds. The molecule has 1 aliphatic heterocycles. The van der Waals surface area contributed by atoms with Crippen LogP contribution >= 0.6 is 11.8 Å². The van der Waals surface area contributed by atoms with Crippen LogP contribution in [0.4, 0.5) is 4.79 Å². The van der Waals surface area contributed by atoms with Crippen molar-refractivity contribution in [1.29, 1.82) is 0 Å². The van der Waals surface area contributed by atoms with Gasteiger partial charge in [-0.05, 0) is 24.3 Å². The molecular formula is C23H30N6O4S. The summed E-state index contributed by atoms with van der Waals surface area (Å²) in [5.41, 5.74) is 7.37. The minimum atomic E-state index is -0.952. The number of hydrogen-bond acceptors (Lipinski definition) is 5. The summed E-state index contributed by atoms with van der Waals surface area (Å²) in [4.78, 5) is 54.7. The highest BCUT2D eigenvalue weighted by molar-refractivity contribution is 7.99. The van der Waals surface area contributed by atoms with Crippen molar-refractivity contribution in [2.45, 2.75) is 31.0 Å². The van der Waals surface area contributed by atoms with Crippen LogP contribution in [0.15, 0.2) is 43.1 Å². The number of H-pyrrole nitrogens is 1. The molecule has 0 bridgehead atoms. The van der Waals surface area contributed by atoms with E-state index in [0.717, 1.165) is 16.5 Å². The van der Waals surface area contributed by atoms with Gasteiger partial charge >= 0.3 is 6.03 Å². The Morgan fingerprint density at radius 2 is 2.09 bits per heavy atom. The first-order chi connectivity index (χ1) is 16.3. The van der Waals surface area contributed by atoms with E-state index in [0.29, 0.717) is 6.54 Å². The first kappa shape index (κ1) is 25.2. The second-order valence-electron chi connectivity index (χ2n) is 8.10. The van der Waals surface area contributed by atoms with E-state index in [9.17, 15) is 19.2 Å².